The molecule has 3 N–H and O–H groups in total. The molecular formula is C23H27BrN4O5. The first-order chi connectivity index (χ1) is 15.8. The van der Waals surface area contributed by atoms with Crippen LogP contribution in [0.25, 0.3) is 0 Å². The van der Waals surface area contributed by atoms with Gasteiger partial charge in [-0.05, 0) is 74.4 Å². The molecule has 0 spiro atoms. The molecule has 2 aromatic rings. The molecule has 2 aromatic carbocycles. The minimum Gasteiger partial charge on any atom is -0.484 e. The second-order valence-corrected chi connectivity index (χ2v) is 8.06. The molecule has 2 rings (SSSR count). The fourth-order valence-corrected chi connectivity index (χ4v) is 2.68. The summed E-state index contributed by atoms with van der Waals surface area (Å²) in [5.74, 6) is -1.39. The van der Waals surface area contributed by atoms with Crippen LogP contribution in [0.1, 0.15) is 25.8 Å². The Hall–Kier alpha value is -3.24. The summed E-state index contributed by atoms with van der Waals surface area (Å²) in [5.41, 5.74) is 3.52. The van der Waals surface area contributed by atoms with E-state index >= 15 is 0 Å². The fraction of sp³-hybridized carbons (Fsp3) is 0.304. The number of benzene rings is 2. The van der Waals surface area contributed by atoms with Crippen LogP contribution in [0.4, 0.5) is 5.69 Å². The lowest BCUT2D eigenvalue weighted by Crippen LogP contribution is -2.38. The van der Waals surface area contributed by atoms with Crippen molar-refractivity contribution in [2.75, 3.05) is 25.1 Å². The molecule has 0 fully saturated rings. The zero-order chi connectivity index (χ0) is 24.1. The van der Waals surface area contributed by atoms with Crippen LogP contribution in [0.3, 0.4) is 0 Å². The van der Waals surface area contributed by atoms with Crippen molar-refractivity contribution in [3.8, 4) is 5.75 Å². The minimum absolute atomic E-state index is 0.126. The molecule has 0 bridgehead atoms. The highest BCUT2D eigenvalue weighted by molar-refractivity contribution is 9.10. The average molecular weight is 519 g/mol. The van der Waals surface area contributed by atoms with Crippen LogP contribution in [0.15, 0.2) is 58.1 Å². The molecule has 0 radical (unpaired) electrons. The van der Waals surface area contributed by atoms with E-state index in [4.69, 9.17) is 9.47 Å². The van der Waals surface area contributed by atoms with E-state index in [9.17, 15) is 14.4 Å². The number of rotatable bonds is 11. The quantitative estimate of drug-likeness (QED) is 0.183. The van der Waals surface area contributed by atoms with Crippen LogP contribution in [0.5, 0.6) is 5.75 Å². The predicted molar refractivity (Wildman–Crippen MR) is 129 cm³/mol. The van der Waals surface area contributed by atoms with E-state index < -0.39 is 11.8 Å². The van der Waals surface area contributed by atoms with Crippen molar-refractivity contribution >= 4 is 45.6 Å². The molecular weight excluding hydrogens is 492 g/mol. The smallest absolute Gasteiger partial charge is 0.329 e. The summed E-state index contributed by atoms with van der Waals surface area (Å²) in [6.45, 7) is 4.56. The van der Waals surface area contributed by atoms with Gasteiger partial charge in [-0.1, -0.05) is 15.9 Å². The number of hydrogen-bond acceptors (Lipinski definition) is 6. The van der Waals surface area contributed by atoms with Crippen molar-refractivity contribution in [3.05, 3.63) is 58.6 Å². The number of carbonyl (C=O) groups is 3. The predicted octanol–water partition coefficient (Wildman–Crippen LogP) is 2.85. The molecule has 3 amide bonds. The Morgan fingerprint density at radius 2 is 1.73 bits per heavy atom. The third-order valence-electron chi connectivity index (χ3n) is 4.02. The van der Waals surface area contributed by atoms with E-state index in [1.807, 2.05) is 26.0 Å². The number of nitrogens with zero attached hydrogens (tertiary/aromatic N) is 1. The molecule has 0 aliphatic heterocycles. The van der Waals surface area contributed by atoms with Crippen molar-refractivity contribution in [1.82, 2.24) is 10.7 Å². The molecule has 0 aliphatic rings. The number of hydrazone groups is 1. The molecule has 0 saturated carbocycles. The van der Waals surface area contributed by atoms with E-state index in [1.54, 1.807) is 36.4 Å². The number of ether oxygens (including phenoxy) is 2. The first kappa shape index (κ1) is 26.0. The van der Waals surface area contributed by atoms with Gasteiger partial charge in [-0.25, -0.2) is 5.43 Å². The highest BCUT2D eigenvalue weighted by Crippen LogP contribution is 2.14. The lowest BCUT2D eigenvalue weighted by atomic mass is 10.2. The van der Waals surface area contributed by atoms with E-state index in [1.165, 1.54) is 6.21 Å². The first-order valence-electron chi connectivity index (χ1n) is 10.3. The standard InChI is InChI=1S/C23H27BrN4O5/c1-16(2)32-13-3-12-25-22(30)23(31)28-26-14-17-4-10-20(11-5-17)33-15-21(29)27-19-8-6-18(24)7-9-19/h4-11,14,16H,3,12-13,15H2,1-2H3,(H,25,30)(H,27,29)(H,28,31)/b26-14-. The Bertz CT molecular complexity index is 946. The van der Waals surface area contributed by atoms with Gasteiger partial charge < -0.3 is 20.1 Å². The third-order valence-corrected chi connectivity index (χ3v) is 4.55. The van der Waals surface area contributed by atoms with Gasteiger partial charge in [0, 0.05) is 23.3 Å². The van der Waals surface area contributed by atoms with Crippen LogP contribution >= 0.6 is 15.9 Å². The number of nitrogens with one attached hydrogen (secondary N) is 3. The van der Waals surface area contributed by atoms with Gasteiger partial charge in [-0.15, -0.1) is 0 Å². The molecule has 0 unspecified atom stereocenters. The molecule has 33 heavy (non-hydrogen) atoms. The minimum atomic E-state index is -0.854. The van der Waals surface area contributed by atoms with Gasteiger partial charge in [0.05, 0.1) is 12.3 Å². The van der Waals surface area contributed by atoms with Crippen LogP contribution in [-0.2, 0) is 19.1 Å². The van der Waals surface area contributed by atoms with Gasteiger partial charge >= 0.3 is 11.8 Å². The monoisotopic (exact) mass is 518 g/mol. The summed E-state index contributed by atoms with van der Waals surface area (Å²) in [6, 6.07) is 14.0. The summed E-state index contributed by atoms with van der Waals surface area (Å²) in [4.78, 5) is 35.4. The maximum Gasteiger partial charge on any atom is 0.329 e. The number of carbonyl (C=O) groups excluding carboxylic acids is 3. The summed E-state index contributed by atoms with van der Waals surface area (Å²) >= 11 is 3.34. The van der Waals surface area contributed by atoms with Crippen molar-refractivity contribution < 1.29 is 23.9 Å². The maximum absolute atomic E-state index is 12.0. The van der Waals surface area contributed by atoms with E-state index in [0.717, 1.165) is 4.47 Å². The Labute approximate surface area is 201 Å². The summed E-state index contributed by atoms with van der Waals surface area (Å²) in [6.07, 6.45) is 2.13. The Morgan fingerprint density at radius 3 is 2.39 bits per heavy atom. The molecule has 0 atom stereocenters. The molecule has 0 aromatic heterocycles. The second kappa shape index (κ2) is 14.0. The van der Waals surface area contributed by atoms with E-state index in [-0.39, 0.29) is 18.6 Å². The van der Waals surface area contributed by atoms with Crippen LogP contribution < -0.4 is 20.8 Å². The Kier molecular flexibility index (Phi) is 11.1. The number of amides is 3. The molecule has 10 heteroatoms. The van der Waals surface area contributed by atoms with Crippen LogP contribution in [0.2, 0.25) is 0 Å². The van der Waals surface area contributed by atoms with Crippen molar-refractivity contribution in [3.63, 3.8) is 0 Å². The lowest BCUT2D eigenvalue weighted by molar-refractivity contribution is -0.139. The van der Waals surface area contributed by atoms with Gasteiger partial charge in [0.2, 0.25) is 0 Å². The molecule has 9 nitrogen and oxygen atoms in total. The van der Waals surface area contributed by atoms with E-state index in [2.05, 4.69) is 37.1 Å². The highest BCUT2D eigenvalue weighted by atomic mass is 79.9. The first-order valence-corrected chi connectivity index (χ1v) is 11.1. The Morgan fingerprint density at radius 1 is 1.03 bits per heavy atom. The second-order valence-electron chi connectivity index (χ2n) is 7.14. The normalized spacial score (nSPS) is 10.8. The molecule has 0 heterocycles. The summed E-state index contributed by atoms with van der Waals surface area (Å²) < 4.78 is 11.7. The largest absolute Gasteiger partial charge is 0.484 e. The van der Waals surface area contributed by atoms with Crippen LogP contribution in [0, 0.1) is 0 Å². The Balaban J connectivity index is 1.68. The third kappa shape index (κ3) is 10.8. The van der Waals surface area contributed by atoms with Crippen molar-refractivity contribution in [2.45, 2.75) is 26.4 Å². The summed E-state index contributed by atoms with van der Waals surface area (Å²) in [7, 11) is 0. The lowest BCUT2D eigenvalue weighted by Gasteiger charge is -2.08. The van der Waals surface area contributed by atoms with Gasteiger partial charge in [0.25, 0.3) is 5.91 Å². The maximum atomic E-state index is 12.0. The number of anilines is 1. The molecule has 0 saturated heterocycles. The highest BCUT2D eigenvalue weighted by Gasteiger charge is 2.11. The van der Waals surface area contributed by atoms with E-state index in [0.29, 0.717) is 36.6 Å². The number of halogens is 1. The topological polar surface area (TPSA) is 118 Å². The van der Waals surface area contributed by atoms with Crippen molar-refractivity contribution in [1.29, 1.82) is 0 Å². The van der Waals surface area contributed by atoms with Gasteiger partial charge in [-0.3, -0.25) is 14.4 Å². The fourth-order valence-electron chi connectivity index (χ4n) is 2.42. The SMILES string of the molecule is CC(C)OCCCNC(=O)C(=O)N/N=C\c1ccc(OCC(=O)Nc2ccc(Br)cc2)cc1. The van der Waals surface area contributed by atoms with Crippen LogP contribution in [-0.4, -0.2) is 49.8 Å². The van der Waals surface area contributed by atoms with Gasteiger partial charge in [0.1, 0.15) is 5.75 Å². The van der Waals surface area contributed by atoms with Gasteiger partial charge in [0.15, 0.2) is 6.61 Å². The zero-order valence-electron chi connectivity index (χ0n) is 18.5. The zero-order valence-corrected chi connectivity index (χ0v) is 20.1. The van der Waals surface area contributed by atoms with Gasteiger partial charge in [-0.2, -0.15) is 5.10 Å². The molecule has 0 aliphatic carbocycles. The summed E-state index contributed by atoms with van der Waals surface area (Å²) in [5, 5.41) is 9.00. The number of hydrogen-bond donors (Lipinski definition) is 3. The van der Waals surface area contributed by atoms with Crippen molar-refractivity contribution in [2.24, 2.45) is 5.10 Å². The average Bonchev–Trinajstić information content (AvgIpc) is 2.79. The molecule has 176 valence electrons.